The molecule has 246 valence electrons. The number of nitrogens with zero attached hydrogens (tertiary/aromatic N) is 2. The van der Waals surface area contributed by atoms with Crippen LogP contribution in [0.2, 0.25) is 5.02 Å². The van der Waals surface area contributed by atoms with Crippen molar-refractivity contribution in [1.82, 2.24) is 4.72 Å². The molecule has 1 N–H and O–H groups in total. The number of amides is 2. The number of ether oxygens (including phenoxy) is 3. The molecule has 11 heteroatoms. The summed E-state index contributed by atoms with van der Waals surface area (Å²) in [6.45, 7) is 8.66. The van der Waals surface area contributed by atoms with Gasteiger partial charge in [-0.2, -0.15) is 0 Å². The molecule has 0 radical (unpaired) electrons. The van der Waals surface area contributed by atoms with Gasteiger partial charge in [0.05, 0.1) is 29.9 Å². The van der Waals surface area contributed by atoms with Crippen LogP contribution in [0.1, 0.15) is 50.7 Å². The highest BCUT2D eigenvalue weighted by atomic mass is 35.5. The van der Waals surface area contributed by atoms with E-state index in [1.54, 1.807) is 39.2 Å². The van der Waals surface area contributed by atoms with E-state index in [2.05, 4.69) is 32.7 Å². The number of methoxy groups -OCH3 is 1. The van der Waals surface area contributed by atoms with Gasteiger partial charge in [0.1, 0.15) is 11.4 Å². The third-order valence-corrected chi connectivity index (χ3v) is 12.0. The maximum absolute atomic E-state index is 14.6. The molecular weight excluding hydrogens is 626 g/mol. The first-order valence-electron chi connectivity index (χ1n) is 15.9. The normalized spacial score (nSPS) is 30.5. The molecule has 2 amide bonds. The molecule has 1 spiro atoms. The first-order chi connectivity index (χ1) is 22.0. The lowest BCUT2D eigenvalue weighted by Gasteiger charge is -2.46. The van der Waals surface area contributed by atoms with Gasteiger partial charge >= 0.3 is 0 Å². The lowest BCUT2D eigenvalue weighted by molar-refractivity contribution is -0.137. The minimum atomic E-state index is -3.78. The molecule has 2 aliphatic carbocycles. The number of halogens is 1. The predicted molar refractivity (Wildman–Crippen MR) is 179 cm³/mol. The van der Waals surface area contributed by atoms with Gasteiger partial charge in [-0.05, 0) is 105 Å². The largest absolute Gasteiger partial charge is 0.490 e. The smallest absolute Gasteiger partial charge is 0.287 e. The highest BCUT2D eigenvalue weighted by Crippen LogP contribution is 2.47. The molecule has 46 heavy (non-hydrogen) atoms. The molecule has 5 atom stereocenters. The predicted octanol–water partition coefficient (Wildman–Crippen LogP) is 5.79. The van der Waals surface area contributed by atoms with Gasteiger partial charge in [0.25, 0.3) is 11.8 Å². The Hall–Kier alpha value is -3.18. The monoisotopic (exact) mass is 667 g/mol. The maximum Gasteiger partial charge on any atom is 0.287 e. The molecule has 2 aliphatic heterocycles. The van der Waals surface area contributed by atoms with Crippen LogP contribution in [0.5, 0.6) is 5.75 Å². The summed E-state index contributed by atoms with van der Waals surface area (Å²) in [5.74, 6) is -0.201. The number of rotatable bonds is 3. The number of hydrogen-bond acceptors (Lipinski definition) is 7. The Morgan fingerprint density at radius 2 is 2.07 bits per heavy atom. The van der Waals surface area contributed by atoms with Crippen LogP contribution < -0.4 is 14.4 Å². The van der Waals surface area contributed by atoms with Crippen molar-refractivity contribution in [3.63, 3.8) is 0 Å². The van der Waals surface area contributed by atoms with Crippen molar-refractivity contribution in [1.29, 1.82) is 0 Å². The second kappa shape index (κ2) is 12.8. The second-order valence-electron chi connectivity index (χ2n) is 13.3. The summed E-state index contributed by atoms with van der Waals surface area (Å²) in [7, 11) is -2.06. The molecule has 0 unspecified atom stereocenters. The zero-order valence-corrected chi connectivity index (χ0v) is 28.2. The van der Waals surface area contributed by atoms with Gasteiger partial charge < -0.3 is 19.1 Å². The number of carbonyl (C=O) groups excluding carboxylic acids is 2. The van der Waals surface area contributed by atoms with Crippen LogP contribution >= 0.6 is 11.6 Å². The summed E-state index contributed by atoms with van der Waals surface area (Å²) < 4.78 is 39.6. The van der Waals surface area contributed by atoms with Crippen molar-refractivity contribution < 1.29 is 28.0 Å². The molecule has 2 heterocycles. The molecule has 2 bridgehead atoms. The summed E-state index contributed by atoms with van der Waals surface area (Å²) in [6.07, 6.45) is 9.77. The molecule has 0 saturated heterocycles. The van der Waals surface area contributed by atoms with Crippen LogP contribution in [0.3, 0.4) is 0 Å². The third-order valence-electron chi connectivity index (χ3n) is 9.97. The van der Waals surface area contributed by atoms with Gasteiger partial charge in [-0.3, -0.25) is 14.3 Å². The van der Waals surface area contributed by atoms with Gasteiger partial charge in [-0.1, -0.05) is 36.4 Å². The summed E-state index contributed by atoms with van der Waals surface area (Å²) in [6, 6.07) is 11.3. The highest BCUT2D eigenvalue weighted by Gasteiger charge is 2.44. The van der Waals surface area contributed by atoms with E-state index >= 15 is 0 Å². The van der Waals surface area contributed by atoms with Crippen molar-refractivity contribution in [2.75, 3.05) is 38.3 Å². The van der Waals surface area contributed by atoms with E-state index in [9.17, 15) is 13.8 Å². The standard InChI is InChI=1S/C35H42ClN3O6S/c1-5-32(40)37-46(42)26-12-15-31-29(19-26)39(21-35(22-44-31)16-6-8-23-18-25(36)11-14-28(23)35)20-24-10-13-27(24)30(43-4)9-7-17-45-34(2,3)33(41)38-46/h5,7,9,11-12,14-15,18-19,24,27,30H,1,6,8,10,13,16-17,20-22H2,2-4H3,(H,37,38,40,41,42)/t24-,27+,30+,35-,46-/m0/s1. The van der Waals surface area contributed by atoms with Crippen molar-refractivity contribution in [3.8, 4) is 5.75 Å². The maximum atomic E-state index is 14.6. The Balaban J connectivity index is 1.51. The van der Waals surface area contributed by atoms with Crippen molar-refractivity contribution in [2.24, 2.45) is 16.2 Å². The molecule has 0 aromatic heterocycles. The Bertz CT molecular complexity index is 1700. The van der Waals surface area contributed by atoms with Gasteiger partial charge in [0, 0.05) is 30.6 Å². The van der Waals surface area contributed by atoms with Crippen LogP contribution in [0.4, 0.5) is 5.69 Å². The van der Waals surface area contributed by atoms with E-state index in [1.165, 1.54) is 11.1 Å². The molecule has 1 fully saturated rings. The number of anilines is 1. The summed E-state index contributed by atoms with van der Waals surface area (Å²) >= 11 is 6.43. The van der Waals surface area contributed by atoms with E-state index in [0.29, 0.717) is 30.7 Å². The van der Waals surface area contributed by atoms with Crippen molar-refractivity contribution in [2.45, 2.75) is 68.0 Å². The highest BCUT2D eigenvalue weighted by molar-refractivity contribution is 7.92. The quantitative estimate of drug-likeness (QED) is 0.326. The molecule has 4 aliphatic rings. The minimum absolute atomic E-state index is 0.104. The Labute approximate surface area is 276 Å². The number of fused-ring (bicyclic) bond motifs is 4. The van der Waals surface area contributed by atoms with E-state index in [0.717, 1.165) is 55.4 Å². The number of aryl methyl sites for hydroxylation is 1. The lowest BCUT2D eigenvalue weighted by atomic mass is 9.68. The van der Waals surface area contributed by atoms with Crippen molar-refractivity contribution >= 4 is 39.0 Å². The number of nitrogens with one attached hydrogen (secondary N) is 1. The van der Waals surface area contributed by atoms with Gasteiger partial charge in [0.15, 0.2) is 9.92 Å². The first kappa shape index (κ1) is 32.7. The lowest BCUT2D eigenvalue weighted by Crippen LogP contribution is -2.49. The zero-order valence-electron chi connectivity index (χ0n) is 26.6. The van der Waals surface area contributed by atoms with Gasteiger partial charge in [-0.25, -0.2) is 4.21 Å². The Kier molecular flexibility index (Phi) is 9.10. The van der Waals surface area contributed by atoms with Crippen molar-refractivity contribution in [3.05, 3.63) is 77.4 Å². The fourth-order valence-corrected chi connectivity index (χ4v) is 9.04. The summed E-state index contributed by atoms with van der Waals surface area (Å²) in [5, 5.41) is 0.725. The second-order valence-corrected chi connectivity index (χ2v) is 15.6. The number of benzene rings is 2. The summed E-state index contributed by atoms with van der Waals surface area (Å²) in [5.41, 5.74) is 1.53. The average molecular weight is 668 g/mol. The van der Waals surface area contributed by atoms with Crippen LogP contribution in [0.25, 0.3) is 0 Å². The average Bonchev–Trinajstić information content (AvgIpc) is 3.16. The summed E-state index contributed by atoms with van der Waals surface area (Å²) in [4.78, 5) is 28.6. The molecule has 1 saturated carbocycles. The van der Waals surface area contributed by atoms with E-state index in [1.807, 2.05) is 18.2 Å². The number of hydrogen-bond donors (Lipinski definition) is 1. The number of carbonyl (C=O) groups is 2. The fourth-order valence-electron chi connectivity index (χ4n) is 7.25. The first-order valence-corrected chi connectivity index (χ1v) is 17.8. The van der Waals surface area contributed by atoms with Crippen LogP contribution in [-0.2, 0) is 40.8 Å². The van der Waals surface area contributed by atoms with E-state index < -0.39 is 27.3 Å². The minimum Gasteiger partial charge on any atom is -0.490 e. The molecule has 9 nitrogen and oxygen atoms in total. The Morgan fingerprint density at radius 3 is 2.80 bits per heavy atom. The molecule has 2 aromatic rings. The SMILES string of the molecule is C=CC(=O)N[S@]1(=O)=NC(=O)C(C)(C)OCC=C[C@@H](OC)[C@@H]2CC[C@H]2CN2C[C@@]3(CCCc4cc(Cl)ccc43)COc3ccc1cc32. The molecule has 2 aromatic carbocycles. The third kappa shape index (κ3) is 6.24. The fraction of sp³-hybridized carbons (Fsp3) is 0.486. The van der Waals surface area contributed by atoms with E-state index in [4.69, 9.17) is 25.8 Å². The van der Waals surface area contributed by atoms with Crippen LogP contribution in [0.15, 0.2) is 70.5 Å². The topological polar surface area (TPSA) is 107 Å². The molecule has 6 rings (SSSR count). The molecular formula is C35H42ClN3O6S. The van der Waals surface area contributed by atoms with Crippen LogP contribution in [0, 0.1) is 11.8 Å². The van der Waals surface area contributed by atoms with E-state index in [-0.39, 0.29) is 23.0 Å². The zero-order chi connectivity index (χ0) is 32.7. The van der Waals surface area contributed by atoms with Gasteiger partial charge in [-0.15, -0.1) is 4.36 Å². The Morgan fingerprint density at radius 1 is 1.24 bits per heavy atom. The van der Waals surface area contributed by atoms with Crippen LogP contribution in [-0.4, -0.2) is 61.1 Å². The van der Waals surface area contributed by atoms with Gasteiger partial charge in [0.2, 0.25) is 0 Å².